The van der Waals surface area contributed by atoms with E-state index in [4.69, 9.17) is 19.2 Å². The van der Waals surface area contributed by atoms with Crippen LogP contribution in [-0.2, 0) is 12.5 Å². The number of carbonyl (C=O) groups is 1. The molecule has 11 heteroatoms. The molecule has 3 heterocycles. The van der Waals surface area contributed by atoms with Gasteiger partial charge in [-0.15, -0.1) is 0 Å². The zero-order valence-electron chi connectivity index (χ0n) is 24.2. The summed E-state index contributed by atoms with van der Waals surface area (Å²) in [5.74, 6) is 3.01. The van der Waals surface area contributed by atoms with Crippen LogP contribution >= 0.6 is 0 Å². The molecule has 216 valence electrons. The van der Waals surface area contributed by atoms with Crippen molar-refractivity contribution in [1.82, 2.24) is 19.5 Å². The molecule has 0 fully saturated rings. The van der Waals surface area contributed by atoms with Crippen molar-refractivity contribution < 1.29 is 23.4 Å². The molecule has 10 nitrogen and oxygen atoms in total. The van der Waals surface area contributed by atoms with Gasteiger partial charge in [-0.05, 0) is 36.4 Å². The first-order chi connectivity index (χ1) is 20.1. The summed E-state index contributed by atoms with van der Waals surface area (Å²) >= 11 is 0. The Balaban J connectivity index is 1.35. The van der Waals surface area contributed by atoms with Gasteiger partial charge in [-0.1, -0.05) is 32.9 Å². The summed E-state index contributed by atoms with van der Waals surface area (Å²) in [7, 11) is 4.91. The van der Waals surface area contributed by atoms with E-state index in [0.717, 1.165) is 5.39 Å². The molecule has 0 atom stereocenters. The third-order valence-corrected chi connectivity index (χ3v) is 6.54. The Hall–Kier alpha value is -5.19. The number of fused-ring (bicyclic) bond motifs is 1. The van der Waals surface area contributed by atoms with E-state index >= 15 is 0 Å². The number of hydrogen-bond donors (Lipinski definition) is 2. The Labute approximate surface area is 242 Å². The van der Waals surface area contributed by atoms with Crippen LogP contribution in [0, 0.1) is 5.82 Å². The van der Waals surface area contributed by atoms with E-state index in [1.54, 1.807) is 80.6 Å². The van der Waals surface area contributed by atoms with E-state index in [9.17, 15) is 9.18 Å². The maximum atomic E-state index is 14.7. The van der Waals surface area contributed by atoms with Gasteiger partial charge < -0.3 is 18.8 Å². The van der Waals surface area contributed by atoms with Gasteiger partial charge in [-0.2, -0.15) is 0 Å². The normalized spacial score (nSPS) is 11.3. The first-order valence-electron chi connectivity index (χ1n) is 13.1. The zero-order chi connectivity index (χ0) is 30.0. The van der Waals surface area contributed by atoms with Crippen LogP contribution in [0.3, 0.4) is 0 Å². The van der Waals surface area contributed by atoms with Gasteiger partial charge in [0.25, 0.3) is 0 Å². The molecule has 0 saturated heterocycles. The number of pyridine rings is 2. The number of anilines is 2. The SMILES string of the molecule is COc1cc2nccc(Oc3ccc(NC(=O)Nc4c(-c5ccccc5F)nc(C(C)(C)C)n4C)nc3)c2cc1OC. The minimum atomic E-state index is -0.557. The van der Waals surface area contributed by atoms with E-state index < -0.39 is 11.8 Å². The number of benzene rings is 2. The summed E-state index contributed by atoms with van der Waals surface area (Å²) in [5.41, 5.74) is 0.955. The summed E-state index contributed by atoms with van der Waals surface area (Å²) in [5, 5.41) is 6.27. The van der Waals surface area contributed by atoms with Crippen LogP contribution in [-0.4, -0.2) is 39.8 Å². The molecular formula is C31H31FN6O4. The number of hydrogen-bond acceptors (Lipinski definition) is 7. The lowest BCUT2D eigenvalue weighted by molar-refractivity contribution is 0.262. The number of halogens is 1. The van der Waals surface area contributed by atoms with Gasteiger partial charge in [-0.25, -0.2) is 19.2 Å². The summed E-state index contributed by atoms with van der Waals surface area (Å²) in [6.45, 7) is 6.00. The second-order valence-electron chi connectivity index (χ2n) is 10.5. The van der Waals surface area contributed by atoms with Crippen molar-refractivity contribution >= 4 is 28.6 Å². The van der Waals surface area contributed by atoms with Crippen LogP contribution in [0.2, 0.25) is 0 Å². The van der Waals surface area contributed by atoms with Crippen molar-refractivity contribution in [3.8, 4) is 34.3 Å². The van der Waals surface area contributed by atoms with Crippen LogP contribution in [0.15, 0.2) is 67.0 Å². The molecule has 0 aliphatic heterocycles. The summed E-state index contributed by atoms with van der Waals surface area (Å²) < 4.78 is 33.3. The number of nitrogens with one attached hydrogen (secondary N) is 2. The number of methoxy groups -OCH3 is 2. The molecule has 0 radical (unpaired) electrons. The van der Waals surface area contributed by atoms with Crippen LogP contribution in [0.25, 0.3) is 22.2 Å². The molecule has 5 rings (SSSR count). The lowest BCUT2D eigenvalue weighted by Gasteiger charge is -2.18. The Morgan fingerprint density at radius 2 is 1.67 bits per heavy atom. The van der Waals surface area contributed by atoms with Crippen LogP contribution in [0.1, 0.15) is 26.6 Å². The molecule has 3 aromatic heterocycles. The average Bonchev–Trinajstić information content (AvgIpc) is 3.29. The summed E-state index contributed by atoms with van der Waals surface area (Å²) in [6.07, 6.45) is 3.13. The number of carbonyl (C=O) groups excluding carboxylic acids is 1. The van der Waals surface area contributed by atoms with Crippen LogP contribution < -0.4 is 24.8 Å². The first kappa shape index (κ1) is 28.3. The van der Waals surface area contributed by atoms with Gasteiger partial charge >= 0.3 is 6.03 Å². The number of imidazole rings is 1. The van der Waals surface area contributed by atoms with Crippen molar-refractivity contribution in [1.29, 1.82) is 0 Å². The Morgan fingerprint density at radius 3 is 2.33 bits per heavy atom. The van der Waals surface area contributed by atoms with Crippen molar-refractivity contribution in [2.75, 3.05) is 24.9 Å². The highest BCUT2D eigenvalue weighted by molar-refractivity contribution is 6.01. The van der Waals surface area contributed by atoms with Gasteiger partial charge in [0.05, 0.1) is 25.9 Å². The maximum Gasteiger partial charge on any atom is 0.326 e. The minimum Gasteiger partial charge on any atom is -0.493 e. The van der Waals surface area contributed by atoms with Crippen LogP contribution in [0.5, 0.6) is 23.0 Å². The van der Waals surface area contributed by atoms with Crippen molar-refractivity contribution in [2.45, 2.75) is 26.2 Å². The molecule has 2 amide bonds. The Bertz CT molecular complexity index is 1760. The molecule has 2 aromatic carbocycles. The number of urea groups is 1. The average molecular weight is 571 g/mol. The molecule has 0 unspecified atom stereocenters. The topological polar surface area (TPSA) is 112 Å². The van der Waals surface area contributed by atoms with E-state index in [1.807, 2.05) is 20.8 Å². The number of amides is 2. The number of ether oxygens (including phenoxy) is 3. The summed E-state index contributed by atoms with van der Waals surface area (Å²) in [4.78, 5) is 26.4. The lowest BCUT2D eigenvalue weighted by Crippen LogP contribution is -2.23. The van der Waals surface area contributed by atoms with Gasteiger partial charge in [-0.3, -0.25) is 15.6 Å². The molecule has 0 spiro atoms. The smallest absolute Gasteiger partial charge is 0.326 e. The van der Waals surface area contributed by atoms with Gasteiger partial charge in [0.15, 0.2) is 11.5 Å². The molecule has 2 N–H and O–H groups in total. The lowest BCUT2D eigenvalue weighted by atomic mass is 9.96. The highest BCUT2D eigenvalue weighted by Gasteiger charge is 2.27. The second kappa shape index (κ2) is 11.4. The van der Waals surface area contributed by atoms with Crippen molar-refractivity contribution in [3.05, 3.63) is 78.6 Å². The second-order valence-corrected chi connectivity index (χ2v) is 10.5. The maximum absolute atomic E-state index is 14.7. The molecule has 0 saturated carbocycles. The number of aromatic nitrogens is 4. The van der Waals surface area contributed by atoms with Crippen LogP contribution in [0.4, 0.5) is 20.8 Å². The molecule has 0 aliphatic carbocycles. The molecule has 0 aliphatic rings. The number of rotatable bonds is 7. The Kier molecular flexibility index (Phi) is 7.66. The highest BCUT2D eigenvalue weighted by atomic mass is 19.1. The fraction of sp³-hybridized carbons (Fsp3) is 0.226. The fourth-order valence-corrected chi connectivity index (χ4v) is 4.59. The predicted octanol–water partition coefficient (Wildman–Crippen LogP) is 6.92. The van der Waals surface area contributed by atoms with Gasteiger partial charge in [0, 0.05) is 35.7 Å². The fourth-order valence-electron chi connectivity index (χ4n) is 4.59. The predicted molar refractivity (Wildman–Crippen MR) is 159 cm³/mol. The Morgan fingerprint density at radius 1 is 0.929 bits per heavy atom. The molecule has 42 heavy (non-hydrogen) atoms. The van der Waals surface area contributed by atoms with E-state index in [0.29, 0.717) is 51.4 Å². The zero-order valence-corrected chi connectivity index (χ0v) is 24.2. The minimum absolute atomic E-state index is 0.288. The molecule has 0 bridgehead atoms. The highest BCUT2D eigenvalue weighted by Crippen LogP contribution is 2.37. The third kappa shape index (κ3) is 5.67. The van der Waals surface area contributed by atoms with E-state index in [-0.39, 0.29) is 11.2 Å². The third-order valence-electron chi connectivity index (χ3n) is 6.54. The molecular weight excluding hydrogens is 539 g/mol. The van der Waals surface area contributed by atoms with Crippen molar-refractivity contribution in [2.24, 2.45) is 7.05 Å². The molecule has 5 aromatic rings. The van der Waals surface area contributed by atoms with Gasteiger partial charge in [0.1, 0.15) is 40.5 Å². The van der Waals surface area contributed by atoms with E-state index in [2.05, 4.69) is 20.6 Å². The quantitative estimate of drug-likeness (QED) is 0.218. The first-order valence-corrected chi connectivity index (χ1v) is 13.1. The summed E-state index contributed by atoms with van der Waals surface area (Å²) in [6, 6.07) is 14.4. The van der Waals surface area contributed by atoms with E-state index in [1.165, 1.54) is 12.3 Å². The standard InChI is InChI=1S/C31H31FN6O4/c1-31(2,3)29-36-27(19-9-7-8-10-21(19)32)28(38(29)4)37-30(39)35-26-12-11-18(17-34-26)42-23-13-14-33-22-16-25(41-6)24(40-5)15-20(22)23/h7-17H,1-6H3,(H2,34,35,37,39). The monoisotopic (exact) mass is 570 g/mol. The van der Waals surface area contributed by atoms with Gasteiger partial charge in [0.2, 0.25) is 0 Å². The number of nitrogens with zero attached hydrogens (tertiary/aromatic N) is 4. The largest absolute Gasteiger partial charge is 0.493 e. The van der Waals surface area contributed by atoms with Crippen molar-refractivity contribution in [3.63, 3.8) is 0 Å².